The molecule has 33 heavy (non-hydrogen) atoms. The van der Waals surface area contributed by atoms with Crippen LogP contribution in [0.3, 0.4) is 0 Å². The van der Waals surface area contributed by atoms with Gasteiger partial charge in [0.05, 0.1) is 17.1 Å². The number of hydrogen-bond donors (Lipinski definition) is 2. The van der Waals surface area contributed by atoms with Crippen molar-refractivity contribution < 1.29 is 4.79 Å². The van der Waals surface area contributed by atoms with Crippen LogP contribution in [0.2, 0.25) is 0 Å². The van der Waals surface area contributed by atoms with Crippen LogP contribution in [0.25, 0.3) is 21.1 Å². The number of nitrogens with one attached hydrogen (secondary N) is 2. The van der Waals surface area contributed by atoms with Gasteiger partial charge in [0.25, 0.3) is 0 Å². The zero-order chi connectivity index (χ0) is 22.5. The molecule has 3 aromatic heterocycles. The minimum Gasteiger partial charge on any atom is -0.341 e. The Hall–Kier alpha value is -3.04. The van der Waals surface area contributed by atoms with Gasteiger partial charge in [0.1, 0.15) is 17.0 Å². The van der Waals surface area contributed by atoms with E-state index in [-0.39, 0.29) is 5.92 Å². The number of H-pyrrole nitrogens is 1. The standard InChI is InChI=1S/C24H27N7OS/c1-30(2)17-7-8-31(12-17)24(32)14-3-5-18-20(10-14)33-23-21(18)22(25-13-26-23)28-16-4-6-19-15(9-16)11-27-29-19/h4,6,9,11,13-14,17H,3,5,7-8,10,12H2,1-2H3,(H,27,29)(H,25,26,28)/t14-,17?/m0/s1. The third-order valence-corrected chi connectivity index (χ3v) is 8.27. The molecule has 6 rings (SSSR count). The number of carbonyl (C=O) groups is 1. The Morgan fingerprint density at radius 3 is 3.03 bits per heavy atom. The number of nitrogens with zero attached hydrogens (tertiary/aromatic N) is 5. The predicted octanol–water partition coefficient (Wildman–Crippen LogP) is 3.58. The summed E-state index contributed by atoms with van der Waals surface area (Å²) in [6.45, 7) is 1.72. The van der Waals surface area contributed by atoms with Crippen LogP contribution < -0.4 is 5.32 Å². The van der Waals surface area contributed by atoms with Crippen LogP contribution in [0.5, 0.6) is 0 Å². The van der Waals surface area contributed by atoms with E-state index in [1.165, 1.54) is 10.4 Å². The second kappa shape index (κ2) is 8.07. The first-order chi connectivity index (χ1) is 16.1. The molecule has 0 saturated carbocycles. The molecule has 1 fully saturated rings. The summed E-state index contributed by atoms with van der Waals surface area (Å²) >= 11 is 1.71. The van der Waals surface area contributed by atoms with Gasteiger partial charge in [-0.1, -0.05) is 0 Å². The number of hydrogen-bond acceptors (Lipinski definition) is 7. The number of benzene rings is 1. The second-order valence-electron chi connectivity index (χ2n) is 9.33. The van der Waals surface area contributed by atoms with Gasteiger partial charge >= 0.3 is 0 Å². The summed E-state index contributed by atoms with van der Waals surface area (Å²) in [7, 11) is 4.20. The fourth-order valence-corrected chi connectivity index (χ4v) is 6.46. The number of anilines is 2. The van der Waals surface area contributed by atoms with Crippen LogP contribution in [0.1, 0.15) is 23.3 Å². The molecule has 9 heteroatoms. The first-order valence-corrected chi connectivity index (χ1v) is 12.3. The van der Waals surface area contributed by atoms with E-state index < -0.39 is 0 Å². The smallest absolute Gasteiger partial charge is 0.226 e. The van der Waals surface area contributed by atoms with Crippen LogP contribution in [0.15, 0.2) is 30.7 Å². The monoisotopic (exact) mass is 461 g/mol. The number of likely N-dealkylation sites (N-methyl/N-ethyl adjacent to an activating group) is 1. The van der Waals surface area contributed by atoms with Gasteiger partial charge in [0, 0.05) is 41.0 Å². The lowest BCUT2D eigenvalue weighted by atomic mass is 9.87. The highest BCUT2D eigenvalue weighted by molar-refractivity contribution is 7.19. The van der Waals surface area contributed by atoms with Gasteiger partial charge in [-0.05, 0) is 63.5 Å². The van der Waals surface area contributed by atoms with E-state index in [0.717, 1.165) is 71.4 Å². The maximum atomic E-state index is 13.3. The van der Waals surface area contributed by atoms with Gasteiger partial charge in [0.2, 0.25) is 5.91 Å². The van der Waals surface area contributed by atoms with E-state index in [9.17, 15) is 4.79 Å². The van der Waals surface area contributed by atoms with Crippen LogP contribution >= 0.6 is 11.3 Å². The van der Waals surface area contributed by atoms with Crippen molar-refractivity contribution in [2.24, 2.45) is 5.92 Å². The quantitative estimate of drug-likeness (QED) is 0.483. The average Bonchev–Trinajstić information content (AvgIpc) is 3.55. The zero-order valence-corrected chi connectivity index (χ0v) is 19.7. The highest BCUT2D eigenvalue weighted by Gasteiger charge is 2.35. The molecule has 1 aromatic carbocycles. The summed E-state index contributed by atoms with van der Waals surface area (Å²) in [5, 5.41) is 12.7. The van der Waals surface area contributed by atoms with E-state index in [1.807, 2.05) is 18.3 Å². The predicted molar refractivity (Wildman–Crippen MR) is 131 cm³/mol. The summed E-state index contributed by atoms with van der Waals surface area (Å²) in [5.74, 6) is 1.22. The van der Waals surface area contributed by atoms with Crippen LogP contribution in [-0.4, -0.2) is 69.1 Å². The summed E-state index contributed by atoms with van der Waals surface area (Å²) in [6.07, 6.45) is 7.08. The van der Waals surface area contributed by atoms with Gasteiger partial charge < -0.3 is 15.1 Å². The lowest BCUT2D eigenvalue weighted by molar-refractivity contribution is -0.134. The second-order valence-corrected chi connectivity index (χ2v) is 10.4. The Bertz CT molecular complexity index is 1340. The number of aromatic nitrogens is 4. The SMILES string of the molecule is CN(C)C1CCN(C(=O)[C@H]2CCc3c(sc4ncnc(Nc5ccc6[nH]ncc6c5)c34)C2)C1. The third kappa shape index (κ3) is 3.65. The van der Waals surface area contributed by atoms with Crippen molar-refractivity contribution in [2.45, 2.75) is 31.7 Å². The molecule has 2 aliphatic rings. The molecule has 8 nitrogen and oxygen atoms in total. The van der Waals surface area contributed by atoms with Crippen molar-refractivity contribution in [1.82, 2.24) is 30.0 Å². The average molecular weight is 462 g/mol. The van der Waals surface area contributed by atoms with E-state index in [4.69, 9.17) is 0 Å². The largest absolute Gasteiger partial charge is 0.341 e. The molecule has 0 bridgehead atoms. The van der Waals surface area contributed by atoms with Crippen molar-refractivity contribution in [3.05, 3.63) is 41.2 Å². The van der Waals surface area contributed by atoms with Crippen LogP contribution in [-0.2, 0) is 17.6 Å². The number of amides is 1. The molecular weight excluding hydrogens is 434 g/mol. The molecule has 1 aliphatic heterocycles. The molecule has 0 spiro atoms. The molecule has 0 radical (unpaired) electrons. The maximum absolute atomic E-state index is 13.3. The van der Waals surface area contributed by atoms with E-state index in [0.29, 0.717) is 11.9 Å². The van der Waals surface area contributed by atoms with Crippen molar-refractivity contribution in [2.75, 3.05) is 32.5 Å². The molecule has 1 unspecified atom stereocenters. The van der Waals surface area contributed by atoms with E-state index in [1.54, 1.807) is 17.7 Å². The van der Waals surface area contributed by atoms with Gasteiger partial charge in [-0.15, -0.1) is 11.3 Å². The number of aryl methyl sites for hydroxylation is 1. The molecule has 1 saturated heterocycles. The number of thiophene rings is 1. The summed E-state index contributed by atoms with van der Waals surface area (Å²) < 4.78 is 0. The Kier molecular flexibility index (Phi) is 5.03. The number of rotatable bonds is 4. The topological polar surface area (TPSA) is 90.0 Å². The normalized spacial score (nSPS) is 20.6. The lowest BCUT2D eigenvalue weighted by Gasteiger charge is -2.27. The third-order valence-electron chi connectivity index (χ3n) is 7.10. The number of carbonyl (C=O) groups excluding carboxylic acids is 1. The van der Waals surface area contributed by atoms with E-state index in [2.05, 4.69) is 55.4 Å². The molecule has 1 amide bonds. The summed E-state index contributed by atoms with van der Waals surface area (Å²) in [4.78, 5) is 29.0. The molecule has 4 heterocycles. The van der Waals surface area contributed by atoms with Gasteiger partial charge in [0.15, 0.2) is 0 Å². The molecule has 2 atom stereocenters. The van der Waals surface area contributed by atoms with Crippen LogP contribution in [0, 0.1) is 5.92 Å². The Morgan fingerprint density at radius 2 is 2.18 bits per heavy atom. The van der Waals surface area contributed by atoms with Crippen molar-refractivity contribution in [1.29, 1.82) is 0 Å². The van der Waals surface area contributed by atoms with Crippen molar-refractivity contribution in [3.8, 4) is 0 Å². The van der Waals surface area contributed by atoms with Gasteiger partial charge in [-0.2, -0.15) is 5.10 Å². The number of fused-ring (bicyclic) bond motifs is 4. The van der Waals surface area contributed by atoms with Gasteiger partial charge in [-0.3, -0.25) is 9.89 Å². The zero-order valence-electron chi connectivity index (χ0n) is 18.8. The Morgan fingerprint density at radius 1 is 1.27 bits per heavy atom. The van der Waals surface area contributed by atoms with Crippen molar-refractivity contribution >= 4 is 49.9 Å². The number of aromatic amines is 1. The first-order valence-electron chi connectivity index (χ1n) is 11.5. The molecule has 2 N–H and O–H groups in total. The maximum Gasteiger partial charge on any atom is 0.226 e. The molecule has 4 aromatic rings. The highest BCUT2D eigenvalue weighted by atomic mass is 32.1. The fourth-order valence-electron chi connectivity index (χ4n) is 5.19. The van der Waals surface area contributed by atoms with E-state index >= 15 is 0 Å². The number of likely N-dealkylation sites (tertiary alicyclic amines) is 1. The highest BCUT2D eigenvalue weighted by Crippen LogP contribution is 2.41. The molecule has 170 valence electrons. The Labute approximate surface area is 196 Å². The summed E-state index contributed by atoms with van der Waals surface area (Å²) in [5.41, 5.74) is 3.28. The summed E-state index contributed by atoms with van der Waals surface area (Å²) in [6, 6.07) is 6.58. The first kappa shape index (κ1) is 20.6. The fraction of sp³-hybridized carbons (Fsp3) is 0.417. The Balaban J connectivity index is 1.25. The van der Waals surface area contributed by atoms with Gasteiger partial charge in [-0.25, -0.2) is 9.97 Å². The minimum atomic E-state index is 0.0688. The lowest BCUT2D eigenvalue weighted by Crippen LogP contribution is -2.39. The minimum absolute atomic E-state index is 0.0688. The van der Waals surface area contributed by atoms with Crippen molar-refractivity contribution in [3.63, 3.8) is 0 Å². The molecule has 1 aliphatic carbocycles. The molecular formula is C24H27N7OS. The van der Waals surface area contributed by atoms with Crippen LogP contribution in [0.4, 0.5) is 11.5 Å².